The molecule has 1 saturated heterocycles. The summed E-state index contributed by atoms with van der Waals surface area (Å²) in [6, 6.07) is 10.4. The first-order valence-electron chi connectivity index (χ1n) is 7.91. The summed E-state index contributed by atoms with van der Waals surface area (Å²) in [6.45, 7) is 3.61. The maximum atomic E-state index is 12.7. The predicted molar refractivity (Wildman–Crippen MR) is 83.8 cm³/mol. The van der Waals surface area contributed by atoms with E-state index in [0.29, 0.717) is 0 Å². The smallest absolute Gasteiger partial charge is 0.247 e. The minimum atomic E-state index is 0.138. The van der Waals surface area contributed by atoms with Crippen LogP contribution in [0.15, 0.2) is 36.4 Å². The molecule has 0 N–H and O–H groups in total. The second-order valence-corrected chi connectivity index (χ2v) is 5.99. The number of ether oxygens (including phenoxy) is 1. The molecule has 1 aromatic carbocycles. The van der Waals surface area contributed by atoms with Gasteiger partial charge in [0, 0.05) is 19.2 Å². The van der Waals surface area contributed by atoms with Gasteiger partial charge in [0.05, 0.1) is 12.1 Å². The van der Waals surface area contributed by atoms with Crippen LogP contribution < -0.4 is 0 Å². The Bertz CT molecular complexity index is 523. The molecule has 0 spiro atoms. The number of carbonyl (C=O) groups is 1. The van der Waals surface area contributed by atoms with Crippen molar-refractivity contribution in [2.75, 3.05) is 13.2 Å². The molecule has 1 aliphatic heterocycles. The molecule has 2 fully saturated rings. The largest absolute Gasteiger partial charge is 0.376 e. The molecule has 3 rings (SSSR count). The Labute approximate surface area is 126 Å². The zero-order valence-electron chi connectivity index (χ0n) is 12.6. The predicted octanol–water partition coefficient (Wildman–Crippen LogP) is 3.26. The zero-order valence-corrected chi connectivity index (χ0v) is 12.6. The molecule has 0 bridgehead atoms. The van der Waals surface area contributed by atoms with Crippen LogP contribution in [0.25, 0.3) is 5.57 Å². The summed E-state index contributed by atoms with van der Waals surface area (Å²) in [7, 11) is 0. The Morgan fingerprint density at radius 3 is 2.86 bits per heavy atom. The number of amides is 1. The third-order valence-electron chi connectivity index (χ3n) is 4.55. The van der Waals surface area contributed by atoms with Crippen molar-refractivity contribution < 1.29 is 9.53 Å². The number of allylic oxidation sites excluding steroid dienone is 1. The second-order valence-electron chi connectivity index (χ2n) is 5.99. The monoisotopic (exact) mass is 285 g/mol. The molecule has 1 amide bonds. The van der Waals surface area contributed by atoms with Crippen molar-refractivity contribution in [1.29, 1.82) is 0 Å². The number of rotatable bonds is 2. The van der Waals surface area contributed by atoms with Gasteiger partial charge in [-0.2, -0.15) is 0 Å². The first-order valence-corrected chi connectivity index (χ1v) is 7.91. The van der Waals surface area contributed by atoms with Crippen molar-refractivity contribution in [3.05, 3.63) is 42.0 Å². The normalized spacial score (nSPS) is 26.3. The molecule has 112 valence electrons. The molecule has 2 atom stereocenters. The number of hydrogen-bond donors (Lipinski definition) is 0. The van der Waals surface area contributed by atoms with Gasteiger partial charge in [-0.3, -0.25) is 4.79 Å². The summed E-state index contributed by atoms with van der Waals surface area (Å²) in [5, 5.41) is 0. The lowest BCUT2D eigenvalue weighted by atomic mass is 10.1. The maximum Gasteiger partial charge on any atom is 0.247 e. The molecule has 0 aromatic heterocycles. The molecule has 3 heteroatoms. The van der Waals surface area contributed by atoms with E-state index in [1.165, 1.54) is 6.42 Å². The van der Waals surface area contributed by atoms with Crippen LogP contribution in [0.3, 0.4) is 0 Å². The fourth-order valence-electron chi connectivity index (χ4n) is 3.42. The topological polar surface area (TPSA) is 29.5 Å². The summed E-state index contributed by atoms with van der Waals surface area (Å²) in [6.07, 6.45) is 6.32. The Morgan fingerprint density at radius 1 is 1.24 bits per heavy atom. The average molecular weight is 285 g/mol. The van der Waals surface area contributed by atoms with Crippen LogP contribution in [-0.2, 0) is 9.53 Å². The Kier molecular flexibility index (Phi) is 4.39. The van der Waals surface area contributed by atoms with Gasteiger partial charge < -0.3 is 9.64 Å². The first-order chi connectivity index (χ1) is 10.3. The van der Waals surface area contributed by atoms with Crippen molar-refractivity contribution in [3.8, 4) is 0 Å². The maximum absolute atomic E-state index is 12.7. The minimum absolute atomic E-state index is 0.138. The zero-order chi connectivity index (χ0) is 14.7. The van der Waals surface area contributed by atoms with E-state index in [4.69, 9.17) is 4.74 Å². The molecular weight excluding hydrogens is 262 g/mol. The highest BCUT2D eigenvalue weighted by Gasteiger charge is 2.36. The molecular formula is C18H23NO2. The third-order valence-corrected chi connectivity index (χ3v) is 4.55. The lowest BCUT2D eigenvalue weighted by Crippen LogP contribution is -2.43. The third kappa shape index (κ3) is 3.18. The number of hydrogen-bond acceptors (Lipinski definition) is 2. The fraction of sp³-hybridized carbons (Fsp3) is 0.500. The van der Waals surface area contributed by atoms with Crippen molar-refractivity contribution in [3.63, 3.8) is 0 Å². The highest BCUT2D eigenvalue weighted by Crippen LogP contribution is 2.29. The van der Waals surface area contributed by atoms with Gasteiger partial charge in [0.15, 0.2) is 0 Å². The van der Waals surface area contributed by atoms with Gasteiger partial charge in [0.1, 0.15) is 0 Å². The van der Waals surface area contributed by atoms with Gasteiger partial charge in [-0.25, -0.2) is 0 Å². The van der Waals surface area contributed by atoms with Crippen molar-refractivity contribution in [2.24, 2.45) is 0 Å². The SMILES string of the molecule is C/C(=C\C(=O)N1CCCO[C@@H]2CCC[C@H]21)c1ccccc1. The fourth-order valence-corrected chi connectivity index (χ4v) is 3.42. The standard InChI is InChI=1S/C18H23NO2/c1-14(15-7-3-2-4-8-15)13-18(20)19-11-6-12-21-17-10-5-9-16(17)19/h2-4,7-8,13,16-17H,5-6,9-12H2,1H3/b14-13+/t16-,17-/m1/s1. The summed E-state index contributed by atoms with van der Waals surface area (Å²) >= 11 is 0. The van der Waals surface area contributed by atoms with Gasteiger partial charge >= 0.3 is 0 Å². The van der Waals surface area contributed by atoms with Gasteiger partial charge in [-0.1, -0.05) is 30.3 Å². The van der Waals surface area contributed by atoms with Gasteiger partial charge in [0.25, 0.3) is 0 Å². The van der Waals surface area contributed by atoms with Crippen molar-refractivity contribution in [2.45, 2.75) is 44.8 Å². The Morgan fingerprint density at radius 2 is 2.05 bits per heavy atom. The van der Waals surface area contributed by atoms with E-state index < -0.39 is 0 Å². The lowest BCUT2D eigenvalue weighted by molar-refractivity contribution is -0.129. The molecule has 0 unspecified atom stereocenters. The average Bonchev–Trinajstić information content (AvgIpc) is 2.87. The molecule has 1 saturated carbocycles. The summed E-state index contributed by atoms with van der Waals surface area (Å²) in [5.74, 6) is 0.138. The van der Waals surface area contributed by atoms with Gasteiger partial charge in [-0.15, -0.1) is 0 Å². The Balaban J connectivity index is 1.77. The van der Waals surface area contributed by atoms with E-state index in [0.717, 1.165) is 43.6 Å². The van der Waals surface area contributed by atoms with Crippen LogP contribution in [0.1, 0.15) is 38.2 Å². The first kappa shape index (κ1) is 14.3. The summed E-state index contributed by atoms with van der Waals surface area (Å²) < 4.78 is 5.88. The Hall–Kier alpha value is -1.61. The van der Waals surface area contributed by atoms with E-state index in [2.05, 4.69) is 0 Å². The minimum Gasteiger partial charge on any atom is -0.376 e. The van der Waals surface area contributed by atoms with E-state index in [1.54, 1.807) is 6.08 Å². The van der Waals surface area contributed by atoms with Crippen LogP contribution in [0.5, 0.6) is 0 Å². The van der Waals surface area contributed by atoms with Crippen LogP contribution >= 0.6 is 0 Å². The van der Waals surface area contributed by atoms with Crippen molar-refractivity contribution >= 4 is 11.5 Å². The highest BCUT2D eigenvalue weighted by atomic mass is 16.5. The number of benzene rings is 1. The summed E-state index contributed by atoms with van der Waals surface area (Å²) in [4.78, 5) is 14.7. The van der Waals surface area contributed by atoms with Crippen LogP contribution in [0, 0.1) is 0 Å². The van der Waals surface area contributed by atoms with E-state index >= 15 is 0 Å². The molecule has 1 aromatic rings. The molecule has 1 heterocycles. The molecule has 3 nitrogen and oxygen atoms in total. The van der Waals surface area contributed by atoms with Crippen LogP contribution in [-0.4, -0.2) is 36.1 Å². The van der Waals surface area contributed by atoms with Crippen molar-refractivity contribution in [1.82, 2.24) is 4.90 Å². The molecule has 2 aliphatic rings. The number of carbonyl (C=O) groups excluding carboxylic acids is 1. The number of fused-ring (bicyclic) bond motifs is 1. The quantitative estimate of drug-likeness (QED) is 0.781. The van der Waals surface area contributed by atoms with E-state index in [9.17, 15) is 4.79 Å². The number of nitrogens with zero attached hydrogens (tertiary/aromatic N) is 1. The highest BCUT2D eigenvalue weighted by molar-refractivity contribution is 5.95. The van der Waals surface area contributed by atoms with Gasteiger partial charge in [0.2, 0.25) is 5.91 Å². The second kappa shape index (κ2) is 6.44. The molecule has 0 radical (unpaired) electrons. The van der Waals surface area contributed by atoms with Crippen LogP contribution in [0.2, 0.25) is 0 Å². The van der Waals surface area contributed by atoms with Gasteiger partial charge in [-0.05, 0) is 43.7 Å². The molecule has 1 aliphatic carbocycles. The van der Waals surface area contributed by atoms with E-state index in [1.807, 2.05) is 42.2 Å². The lowest BCUT2D eigenvalue weighted by Gasteiger charge is -2.29. The molecule has 21 heavy (non-hydrogen) atoms. The van der Waals surface area contributed by atoms with Crippen LogP contribution in [0.4, 0.5) is 0 Å². The summed E-state index contributed by atoms with van der Waals surface area (Å²) in [5.41, 5.74) is 2.14. The van der Waals surface area contributed by atoms with E-state index in [-0.39, 0.29) is 18.1 Å².